The summed E-state index contributed by atoms with van der Waals surface area (Å²) in [5.41, 5.74) is 0.881. The maximum atomic E-state index is 4.77. The van der Waals surface area contributed by atoms with E-state index in [0.29, 0.717) is 5.92 Å². The molecule has 0 spiro atoms. The third-order valence-electron chi connectivity index (χ3n) is 4.65. The van der Waals surface area contributed by atoms with Gasteiger partial charge in [-0.25, -0.2) is 4.98 Å². The summed E-state index contributed by atoms with van der Waals surface area (Å²) < 4.78 is 1.87. The van der Waals surface area contributed by atoms with Crippen molar-refractivity contribution >= 4 is 23.5 Å². The first-order chi connectivity index (χ1) is 11.8. The molecule has 1 saturated heterocycles. The summed E-state index contributed by atoms with van der Waals surface area (Å²) in [4.78, 5) is 13.7. The van der Waals surface area contributed by atoms with Crippen molar-refractivity contribution in [3.63, 3.8) is 0 Å². The predicted molar refractivity (Wildman–Crippen MR) is 96.9 cm³/mol. The summed E-state index contributed by atoms with van der Waals surface area (Å²) in [6.45, 7) is 5.00. The number of piperazine rings is 1. The fourth-order valence-corrected chi connectivity index (χ4v) is 3.12. The van der Waals surface area contributed by atoms with Gasteiger partial charge in [0.2, 0.25) is 0 Å². The van der Waals surface area contributed by atoms with Crippen LogP contribution in [0.1, 0.15) is 6.42 Å². The Hall–Kier alpha value is -2.41. The highest BCUT2D eigenvalue weighted by molar-refractivity contribution is 5.64. The van der Waals surface area contributed by atoms with Crippen LogP contribution in [0.4, 0.5) is 11.6 Å². The zero-order valence-electron chi connectivity index (χ0n) is 14.0. The van der Waals surface area contributed by atoms with Gasteiger partial charge in [0.15, 0.2) is 5.65 Å². The molecule has 0 radical (unpaired) electrons. The van der Waals surface area contributed by atoms with Gasteiger partial charge < -0.3 is 15.1 Å². The van der Waals surface area contributed by atoms with E-state index in [2.05, 4.69) is 44.4 Å². The Kier molecular flexibility index (Phi) is 4.17. The van der Waals surface area contributed by atoms with Crippen LogP contribution in [0.2, 0.25) is 0 Å². The summed E-state index contributed by atoms with van der Waals surface area (Å²) in [7, 11) is 2.16. The minimum Gasteiger partial charge on any atom is -0.369 e. The van der Waals surface area contributed by atoms with Crippen molar-refractivity contribution in [1.82, 2.24) is 19.5 Å². The van der Waals surface area contributed by atoms with Crippen molar-refractivity contribution in [2.24, 2.45) is 10.9 Å². The number of nitrogens with one attached hydrogen (secondary N) is 1. The maximum Gasteiger partial charge on any atom is 0.159 e. The topological polar surface area (TPSA) is 61.1 Å². The summed E-state index contributed by atoms with van der Waals surface area (Å²) in [6.07, 6.45) is 8.80. The minimum atomic E-state index is 0.417. The van der Waals surface area contributed by atoms with Crippen LogP contribution in [0.25, 0.3) is 5.65 Å². The Labute approximate surface area is 141 Å². The maximum absolute atomic E-state index is 4.77. The van der Waals surface area contributed by atoms with Crippen molar-refractivity contribution in [2.45, 2.75) is 6.42 Å². The van der Waals surface area contributed by atoms with Crippen LogP contribution < -0.4 is 10.2 Å². The van der Waals surface area contributed by atoms with Gasteiger partial charge in [0, 0.05) is 63.2 Å². The Balaban J connectivity index is 1.55. The molecule has 7 nitrogen and oxygen atoms in total. The Morgan fingerprint density at radius 1 is 1.25 bits per heavy atom. The monoisotopic (exact) mass is 325 g/mol. The molecule has 2 aromatic heterocycles. The Morgan fingerprint density at radius 3 is 2.92 bits per heavy atom. The minimum absolute atomic E-state index is 0.417. The fourth-order valence-electron chi connectivity index (χ4n) is 3.12. The van der Waals surface area contributed by atoms with Crippen LogP contribution in [-0.2, 0) is 0 Å². The molecule has 0 aliphatic carbocycles. The summed E-state index contributed by atoms with van der Waals surface area (Å²) in [6, 6.07) is 4.07. The number of fused-ring (bicyclic) bond motifs is 1. The molecular weight excluding hydrogens is 302 g/mol. The average Bonchev–Trinajstić information content (AvgIpc) is 3.10. The molecule has 4 rings (SSSR count). The lowest BCUT2D eigenvalue weighted by molar-refractivity contribution is 0.312. The van der Waals surface area contributed by atoms with Crippen molar-refractivity contribution in [3.05, 3.63) is 30.6 Å². The van der Waals surface area contributed by atoms with Crippen molar-refractivity contribution in [3.8, 4) is 0 Å². The van der Waals surface area contributed by atoms with Crippen LogP contribution in [-0.4, -0.2) is 65.5 Å². The van der Waals surface area contributed by atoms with Gasteiger partial charge in [-0.2, -0.15) is 9.61 Å². The molecule has 0 saturated carbocycles. The van der Waals surface area contributed by atoms with Crippen LogP contribution >= 0.6 is 0 Å². The first kappa shape index (κ1) is 15.1. The second-order valence-electron chi connectivity index (χ2n) is 6.45. The highest BCUT2D eigenvalue weighted by Gasteiger charge is 2.18. The Morgan fingerprint density at radius 2 is 2.12 bits per heavy atom. The molecule has 126 valence electrons. The molecule has 4 heterocycles. The predicted octanol–water partition coefficient (Wildman–Crippen LogP) is 1.50. The number of hydrogen-bond donors (Lipinski definition) is 1. The molecule has 2 aliphatic rings. The molecule has 1 unspecified atom stereocenters. The standard InChI is InChI=1S/C17H23N7/c1-22-7-9-23(10-8-22)17-11-16(24-15(21-17)4-6-20-24)19-13-14-3-2-5-18-12-14/h2,4-6,11-12,14,19H,3,7-10,13H2,1H3. The first-order valence-electron chi connectivity index (χ1n) is 8.50. The van der Waals surface area contributed by atoms with Crippen molar-refractivity contribution in [2.75, 3.05) is 50.0 Å². The number of aromatic nitrogens is 3. The molecule has 7 heteroatoms. The average molecular weight is 325 g/mol. The smallest absolute Gasteiger partial charge is 0.159 e. The number of aliphatic imine (C=N–C) groups is 1. The molecule has 0 amide bonds. The molecular formula is C17H23N7. The van der Waals surface area contributed by atoms with E-state index < -0.39 is 0 Å². The van der Waals surface area contributed by atoms with E-state index in [1.54, 1.807) is 6.20 Å². The number of allylic oxidation sites excluding steroid dienone is 1. The van der Waals surface area contributed by atoms with Gasteiger partial charge in [-0.15, -0.1) is 0 Å². The molecule has 0 aromatic carbocycles. The van der Waals surface area contributed by atoms with Gasteiger partial charge >= 0.3 is 0 Å². The first-order valence-corrected chi connectivity index (χ1v) is 8.50. The van der Waals surface area contributed by atoms with Crippen LogP contribution in [0, 0.1) is 5.92 Å². The van der Waals surface area contributed by atoms with E-state index >= 15 is 0 Å². The van der Waals surface area contributed by atoms with Crippen molar-refractivity contribution < 1.29 is 0 Å². The normalized spacial score (nSPS) is 21.5. The van der Waals surface area contributed by atoms with Crippen LogP contribution in [0.3, 0.4) is 0 Å². The highest BCUT2D eigenvalue weighted by Crippen LogP contribution is 2.21. The quantitative estimate of drug-likeness (QED) is 0.923. The molecule has 1 N–H and O–H groups in total. The molecule has 2 aliphatic heterocycles. The third-order valence-corrected chi connectivity index (χ3v) is 4.65. The van der Waals surface area contributed by atoms with Gasteiger partial charge in [-0.05, 0) is 13.5 Å². The molecule has 2 aromatic rings. The van der Waals surface area contributed by atoms with E-state index in [4.69, 9.17) is 4.98 Å². The number of nitrogens with zero attached hydrogens (tertiary/aromatic N) is 6. The van der Waals surface area contributed by atoms with Gasteiger partial charge in [0.25, 0.3) is 0 Å². The second-order valence-corrected chi connectivity index (χ2v) is 6.45. The summed E-state index contributed by atoms with van der Waals surface area (Å²) in [5, 5.41) is 7.93. The van der Waals surface area contributed by atoms with E-state index in [1.165, 1.54) is 0 Å². The number of likely N-dealkylation sites (N-methyl/N-ethyl adjacent to an activating group) is 1. The molecule has 0 bridgehead atoms. The van der Waals surface area contributed by atoms with E-state index in [-0.39, 0.29) is 0 Å². The van der Waals surface area contributed by atoms with E-state index in [9.17, 15) is 0 Å². The largest absolute Gasteiger partial charge is 0.369 e. The zero-order chi connectivity index (χ0) is 16.4. The van der Waals surface area contributed by atoms with Gasteiger partial charge in [0.05, 0.1) is 6.20 Å². The number of hydrogen-bond acceptors (Lipinski definition) is 6. The molecule has 1 fully saturated rings. The van der Waals surface area contributed by atoms with E-state index in [0.717, 1.165) is 56.4 Å². The summed E-state index contributed by atoms with van der Waals surface area (Å²) >= 11 is 0. The van der Waals surface area contributed by atoms with Crippen LogP contribution in [0.5, 0.6) is 0 Å². The van der Waals surface area contributed by atoms with E-state index in [1.807, 2.05) is 23.0 Å². The van der Waals surface area contributed by atoms with Gasteiger partial charge in [-0.3, -0.25) is 4.99 Å². The fraction of sp³-hybridized carbons (Fsp3) is 0.471. The highest BCUT2D eigenvalue weighted by atomic mass is 15.3. The summed E-state index contributed by atoms with van der Waals surface area (Å²) in [5.74, 6) is 2.43. The number of rotatable bonds is 4. The molecule has 24 heavy (non-hydrogen) atoms. The van der Waals surface area contributed by atoms with Crippen LogP contribution in [0.15, 0.2) is 35.6 Å². The van der Waals surface area contributed by atoms with Crippen molar-refractivity contribution in [1.29, 1.82) is 0 Å². The second kappa shape index (κ2) is 6.60. The lowest BCUT2D eigenvalue weighted by atomic mass is 10.1. The lowest BCUT2D eigenvalue weighted by Crippen LogP contribution is -2.44. The van der Waals surface area contributed by atoms with Gasteiger partial charge in [0.1, 0.15) is 11.6 Å². The third kappa shape index (κ3) is 3.12. The molecule has 1 atom stereocenters. The lowest BCUT2D eigenvalue weighted by Gasteiger charge is -2.33. The van der Waals surface area contributed by atoms with Gasteiger partial charge in [-0.1, -0.05) is 6.08 Å². The number of anilines is 2. The SMILES string of the molecule is CN1CCN(c2cc(NCC3C=NC=CC3)n3nccc3n2)CC1. The Bertz CT molecular complexity index is 755. The zero-order valence-corrected chi connectivity index (χ0v) is 14.0.